The number of amides is 3. The molecule has 1 saturated heterocycles. The Morgan fingerprint density at radius 3 is 2.54 bits per heavy atom. The number of benzene rings is 2. The molecule has 2 N–H and O–H groups in total. The first-order chi connectivity index (χ1) is 13.5. The molecule has 3 amide bonds. The minimum Gasteiger partial charge on any atom is -0.360 e. The summed E-state index contributed by atoms with van der Waals surface area (Å²) >= 11 is 0. The molecule has 2 aromatic carbocycles. The number of imide groups is 1. The quantitative estimate of drug-likeness (QED) is 0.527. The number of nitrogens with zero attached hydrogens (tertiary/aromatic N) is 1. The second kappa shape index (κ2) is 6.60. The Morgan fingerprint density at radius 1 is 1.11 bits per heavy atom. The average molecular weight is 379 g/mol. The standard InChI is InChI=1S/C21H18FN3O3/c1-2-21(13-7-9-14(22)10-8-13)19(27)25(20(28)24-21)12-18(26)16-11-23-17-6-4-3-5-15(16)17/h3-11,23H,2,12H2,1H3,(H,24,28). The zero-order chi connectivity index (χ0) is 19.9. The van der Waals surface area contributed by atoms with Gasteiger partial charge in [0.25, 0.3) is 5.91 Å². The lowest BCUT2D eigenvalue weighted by Crippen LogP contribution is -2.43. The smallest absolute Gasteiger partial charge is 0.325 e. The van der Waals surface area contributed by atoms with Gasteiger partial charge in [-0.25, -0.2) is 9.18 Å². The minimum atomic E-state index is -1.30. The number of H-pyrrole nitrogens is 1. The van der Waals surface area contributed by atoms with E-state index in [0.717, 1.165) is 15.8 Å². The van der Waals surface area contributed by atoms with Gasteiger partial charge in [-0.05, 0) is 30.2 Å². The van der Waals surface area contributed by atoms with Crippen molar-refractivity contribution in [2.24, 2.45) is 0 Å². The molecule has 2 heterocycles. The average Bonchev–Trinajstić information content (AvgIpc) is 3.23. The topological polar surface area (TPSA) is 82.3 Å². The second-order valence-electron chi connectivity index (χ2n) is 6.76. The molecule has 0 radical (unpaired) electrons. The molecule has 1 atom stereocenters. The zero-order valence-corrected chi connectivity index (χ0v) is 15.2. The van der Waals surface area contributed by atoms with E-state index in [9.17, 15) is 18.8 Å². The maximum Gasteiger partial charge on any atom is 0.325 e. The number of aromatic amines is 1. The van der Waals surface area contributed by atoms with Crippen LogP contribution < -0.4 is 5.32 Å². The van der Waals surface area contributed by atoms with Gasteiger partial charge in [0.2, 0.25) is 0 Å². The van der Waals surface area contributed by atoms with Crippen LogP contribution in [-0.2, 0) is 10.3 Å². The molecule has 0 saturated carbocycles. The van der Waals surface area contributed by atoms with Gasteiger partial charge in [-0.1, -0.05) is 37.3 Å². The highest BCUT2D eigenvalue weighted by Gasteiger charge is 2.51. The normalized spacial score (nSPS) is 19.3. The van der Waals surface area contributed by atoms with Gasteiger partial charge in [-0.2, -0.15) is 0 Å². The largest absolute Gasteiger partial charge is 0.360 e. The van der Waals surface area contributed by atoms with E-state index >= 15 is 0 Å². The predicted molar refractivity (Wildman–Crippen MR) is 101 cm³/mol. The summed E-state index contributed by atoms with van der Waals surface area (Å²) in [6.45, 7) is 1.39. The zero-order valence-electron chi connectivity index (χ0n) is 15.2. The summed E-state index contributed by atoms with van der Waals surface area (Å²) in [5.41, 5.74) is 0.409. The molecule has 3 aromatic rings. The van der Waals surface area contributed by atoms with E-state index in [4.69, 9.17) is 0 Å². The number of Topliss-reactive ketones (excluding diaryl/α,β-unsaturated/α-hetero) is 1. The van der Waals surface area contributed by atoms with Crippen LogP contribution >= 0.6 is 0 Å². The highest BCUT2D eigenvalue weighted by Crippen LogP contribution is 2.33. The van der Waals surface area contributed by atoms with Gasteiger partial charge in [-0.15, -0.1) is 0 Å². The third-order valence-corrected chi connectivity index (χ3v) is 5.23. The number of aromatic nitrogens is 1. The Morgan fingerprint density at radius 2 is 1.82 bits per heavy atom. The molecule has 1 aliphatic heterocycles. The maximum atomic E-state index is 13.3. The van der Waals surface area contributed by atoms with E-state index in [-0.39, 0.29) is 18.7 Å². The highest BCUT2D eigenvalue weighted by atomic mass is 19.1. The summed E-state index contributed by atoms with van der Waals surface area (Å²) in [6, 6.07) is 12.1. The fourth-order valence-electron chi connectivity index (χ4n) is 3.67. The van der Waals surface area contributed by atoms with E-state index in [2.05, 4.69) is 10.3 Å². The van der Waals surface area contributed by atoms with Crippen molar-refractivity contribution in [3.05, 3.63) is 71.7 Å². The number of halogens is 1. The Labute approximate surface area is 160 Å². The van der Waals surface area contributed by atoms with E-state index in [1.54, 1.807) is 19.2 Å². The Kier molecular flexibility index (Phi) is 4.22. The predicted octanol–water partition coefficient (Wildman–Crippen LogP) is 3.35. The maximum absolute atomic E-state index is 13.3. The molecule has 142 valence electrons. The number of hydrogen-bond donors (Lipinski definition) is 2. The summed E-state index contributed by atoms with van der Waals surface area (Å²) < 4.78 is 13.3. The lowest BCUT2D eigenvalue weighted by molar-refractivity contribution is -0.131. The summed E-state index contributed by atoms with van der Waals surface area (Å²) in [6.07, 6.45) is 1.86. The van der Waals surface area contributed by atoms with Crippen molar-refractivity contribution in [1.29, 1.82) is 0 Å². The van der Waals surface area contributed by atoms with Crippen molar-refractivity contribution in [1.82, 2.24) is 15.2 Å². The van der Waals surface area contributed by atoms with Crippen molar-refractivity contribution in [2.75, 3.05) is 6.54 Å². The van der Waals surface area contributed by atoms with Crippen LogP contribution in [0.3, 0.4) is 0 Å². The van der Waals surface area contributed by atoms with E-state index < -0.39 is 23.3 Å². The van der Waals surface area contributed by atoms with E-state index in [0.29, 0.717) is 11.1 Å². The van der Waals surface area contributed by atoms with Crippen LogP contribution in [0.2, 0.25) is 0 Å². The second-order valence-corrected chi connectivity index (χ2v) is 6.76. The molecule has 0 aliphatic carbocycles. The number of hydrogen-bond acceptors (Lipinski definition) is 3. The Bertz CT molecular complexity index is 1090. The monoisotopic (exact) mass is 379 g/mol. The lowest BCUT2D eigenvalue weighted by Gasteiger charge is -2.25. The molecular weight excluding hydrogens is 361 g/mol. The first-order valence-corrected chi connectivity index (χ1v) is 8.96. The summed E-state index contributed by atoms with van der Waals surface area (Å²) in [5, 5.41) is 3.43. The summed E-state index contributed by atoms with van der Waals surface area (Å²) in [5.74, 6) is -1.29. The van der Waals surface area contributed by atoms with Crippen molar-refractivity contribution >= 4 is 28.6 Å². The number of ketones is 1. The van der Waals surface area contributed by atoms with Crippen LogP contribution in [0.25, 0.3) is 10.9 Å². The van der Waals surface area contributed by atoms with Gasteiger partial charge in [0.05, 0.1) is 6.54 Å². The van der Waals surface area contributed by atoms with Crippen LogP contribution in [0.4, 0.5) is 9.18 Å². The molecule has 1 fully saturated rings. The highest BCUT2D eigenvalue weighted by molar-refractivity contribution is 6.14. The molecular formula is C21H18FN3O3. The van der Waals surface area contributed by atoms with Gasteiger partial charge in [0.1, 0.15) is 11.4 Å². The van der Waals surface area contributed by atoms with Crippen LogP contribution in [0.1, 0.15) is 29.3 Å². The van der Waals surface area contributed by atoms with Gasteiger partial charge >= 0.3 is 6.03 Å². The van der Waals surface area contributed by atoms with E-state index in [1.165, 1.54) is 24.3 Å². The molecule has 0 bridgehead atoms. The van der Waals surface area contributed by atoms with Crippen LogP contribution in [-0.4, -0.2) is 34.2 Å². The Hall–Kier alpha value is -3.48. The lowest BCUT2D eigenvalue weighted by atomic mass is 9.87. The van der Waals surface area contributed by atoms with Crippen LogP contribution in [0.5, 0.6) is 0 Å². The molecule has 4 rings (SSSR count). The molecule has 1 aliphatic rings. The van der Waals surface area contributed by atoms with Crippen LogP contribution in [0.15, 0.2) is 54.7 Å². The van der Waals surface area contributed by atoms with E-state index in [1.807, 2.05) is 18.2 Å². The van der Waals surface area contributed by atoms with Gasteiger partial charge in [0.15, 0.2) is 5.78 Å². The van der Waals surface area contributed by atoms with Gasteiger partial charge < -0.3 is 10.3 Å². The summed E-state index contributed by atoms with van der Waals surface area (Å²) in [4.78, 5) is 42.4. The number of nitrogens with one attached hydrogen (secondary N) is 2. The SMILES string of the molecule is CCC1(c2ccc(F)cc2)NC(=O)N(CC(=O)c2c[nH]c3ccccc23)C1=O. The van der Waals surface area contributed by atoms with Crippen molar-refractivity contribution < 1.29 is 18.8 Å². The fraction of sp³-hybridized carbons (Fsp3) is 0.190. The summed E-state index contributed by atoms with van der Waals surface area (Å²) in [7, 11) is 0. The third kappa shape index (κ3) is 2.67. The number of carbonyl (C=O) groups excluding carboxylic acids is 3. The number of carbonyl (C=O) groups is 3. The number of urea groups is 1. The molecule has 0 spiro atoms. The molecule has 7 heteroatoms. The molecule has 6 nitrogen and oxygen atoms in total. The van der Waals surface area contributed by atoms with Crippen molar-refractivity contribution in [3.8, 4) is 0 Å². The third-order valence-electron chi connectivity index (χ3n) is 5.23. The van der Waals surface area contributed by atoms with Gasteiger partial charge in [-0.3, -0.25) is 14.5 Å². The number of rotatable bonds is 5. The molecule has 1 unspecified atom stereocenters. The molecule has 1 aromatic heterocycles. The van der Waals surface area contributed by atoms with Crippen LogP contribution in [0, 0.1) is 5.82 Å². The fourth-order valence-corrected chi connectivity index (χ4v) is 3.67. The molecule has 28 heavy (non-hydrogen) atoms. The minimum absolute atomic E-state index is 0.279. The first kappa shape index (κ1) is 17.9. The first-order valence-electron chi connectivity index (χ1n) is 8.96. The van der Waals surface area contributed by atoms with Crippen molar-refractivity contribution in [3.63, 3.8) is 0 Å². The van der Waals surface area contributed by atoms with Crippen molar-refractivity contribution in [2.45, 2.75) is 18.9 Å². The van der Waals surface area contributed by atoms with Gasteiger partial charge in [0, 0.05) is 22.7 Å². The number of para-hydroxylation sites is 1. The Balaban J connectivity index is 1.63. The number of fused-ring (bicyclic) bond motifs is 1.